The lowest BCUT2D eigenvalue weighted by Gasteiger charge is -2.22. The van der Waals surface area contributed by atoms with Crippen LogP contribution in [0.3, 0.4) is 0 Å². The highest BCUT2D eigenvalue weighted by atomic mass is 16.5. The summed E-state index contributed by atoms with van der Waals surface area (Å²) in [5, 5.41) is 32.9. The number of carboxylic acids is 1. The zero-order chi connectivity index (χ0) is 69.0. The number of anilines is 4. The maximum Gasteiger partial charge on any atom is 0.326 e. The molecule has 0 fully saturated rings. The van der Waals surface area contributed by atoms with Crippen molar-refractivity contribution in [2.24, 2.45) is 28.7 Å². The van der Waals surface area contributed by atoms with Crippen molar-refractivity contribution in [2.75, 3.05) is 75.9 Å². The monoisotopic (exact) mass is 1310 g/mol. The van der Waals surface area contributed by atoms with Crippen molar-refractivity contribution in [3.63, 3.8) is 0 Å². The lowest BCUT2D eigenvalue weighted by molar-refractivity contribution is -0.139. The lowest BCUT2D eigenvalue weighted by Crippen LogP contribution is -2.44. The van der Waals surface area contributed by atoms with E-state index in [1.54, 1.807) is 12.3 Å². The van der Waals surface area contributed by atoms with Crippen LogP contribution in [0.25, 0.3) is 10.9 Å². The predicted octanol–water partition coefficient (Wildman–Crippen LogP) is 4.62. The minimum atomic E-state index is -1.34. The quantitative estimate of drug-likeness (QED) is 0.0234. The fraction of sp³-hybridized carbons (Fsp3) is 0.388. The summed E-state index contributed by atoms with van der Waals surface area (Å²) in [7, 11) is 5.38. The number of aromatic amines is 1. The molecule has 28 nitrogen and oxygen atoms in total. The van der Waals surface area contributed by atoms with Gasteiger partial charge in [-0.3, -0.25) is 38.4 Å². The second kappa shape index (κ2) is 37.5. The number of aliphatic carboxylic acids is 1. The molecule has 20 N–H and O–H groups in total. The van der Waals surface area contributed by atoms with Gasteiger partial charge in [0, 0.05) is 46.3 Å². The molecule has 28 heteroatoms. The van der Waals surface area contributed by atoms with Crippen LogP contribution in [0, 0.1) is 0 Å². The predicted molar refractivity (Wildman–Crippen MR) is 361 cm³/mol. The average Bonchev–Trinajstić information content (AvgIpc) is 1.78. The van der Waals surface area contributed by atoms with Crippen molar-refractivity contribution < 1.29 is 67.2 Å². The van der Waals surface area contributed by atoms with E-state index in [1.807, 2.05) is 24.3 Å². The molecule has 1 heterocycles. The molecule has 0 aliphatic heterocycles. The molecule has 0 bridgehead atoms. The molecule has 95 heavy (non-hydrogen) atoms. The van der Waals surface area contributed by atoms with E-state index in [-0.39, 0.29) is 100 Å². The Hall–Kier alpha value is -10.1. The van der Waals surface area contributed by atoms with Gasteiger partial charge in [-0.15, -0.1) is 0 Å². The first kappa shape index (κ1) is 73.9. The summed E-state index contributed by atoms with van der Waals surface area (Å²) in [6.07, 6.45) is 6.59. The number of H-pyrrole nitrogens is 1. The van der Waals surface area contributed by atoms with Crippen LogP contribution in [0.5, 0.6) is 23.0 Å². The molecule has 0 radical (unpaired) electrons. The molecule has 6 rings (SSSR count). The van der Waals surface area contributed by atoms with E-state index in [0.29, 0.717) is 83.0 Å². The first-order valence-corrected chi connectivity index (χ1v) is 31.3. The third-order valence-electron chi connectivity index (χ3n) is 15.6. The summed E-state index contributed by atoms with van der Waals surface area (Å²) in [5.74, 6) is -6.32. The Morgan fingerprint density at radius 1 is 0.421 bits per heavy atom. The SMILES string of the molecule is COc1ccc(NC(=O)[C@H](CCCCN)NC(=O)c2cc(NC(=O)[C@H](CCCCN)NC(=O)c3cc(NC(=O)[C@H](CCCCN)NC(=O)c4cc(NC(=O)C(N)CCCCN)ccc4OC)ccc3OC)ccc2OC)cc1C(=O)NC(Cc1c[nH]c2ccccc12)C(=O)O. The molecule has 5 atom stereocenters. The zero-order valence-electron chi connectivity index (χ0n) is 53.9. The number of rotatable bonds is 39. The van der Waals surface area contributed by atoms with Gasteiger partial charge in [-0.1, -0.05) is 24.6 Å². The van der Waals surface area contributed by atoms with Crippen LogP contribution in [-0.4, -0.2) is 148 Å². The standard InChI is InChI=1S/C67H88N14O14/c1-92-55-25-21-40(74-63(86)49(72)16-7-11-29-68)34-45(55)59(82)78-51(18-8-12-30-69)64(87)75-41-22-26-56(93-2)46(35-41)60(83)79-52(19-9-13-31-70)65(88)76-42-23-27-57(94-3)47(36-42)61(84)80-53(20-10-14-32-71)66(89)77-43-24-28-58(95-4)48(37-43)62(85)81-54(67(90)91)33-39-38-73-50-17-6-5-15-44(39)50/h5-6,15,17,21-28,34-38,49,51-54,73H,7-14,16,18-20,29-33,68-72H2,1-4H3,(H,74,86)(H,75,87)(H,76,88)(H,77,89)(H,78,82)(H,79,83)(H,80,84)(H,81,85)(H,90,91)/t49?,51-,52-,53-,54?/m0/s1. The summed E-state index contributed by atoms with van der Waals surface area (Å²) in [6.45, 7) is 1.37. The van der Waals surface area contributed by atoms with Crippen LogP contribution in [-0.2, 0) is 30.4 Å². The Morgan fingerprint density at radius 2 is 0.737 bits per heavy atom. The van der Waals surface area contributed by atoms with Gasteiger partial charge in [-0.05, 0) is 181 Å². The van der Waals surface area contributed by atoms with Gasteiger partial charge in [-0.25, -0.2) is 4.79 Å². The van der Waals surface area contributed by atoms with Gasteiger partial charge in [0.2, 0.25) is 23.6 Å². The van der Waals surface area contributed by atoms with Gasteiger partial charge in [-0.2, -0.15) is 0 Å². The van der Waals surface area contributed by atoms with Crippen LogP contribution in [0.15, 0.2) is 103 Å². The van der Waals surface area contributed by atoms with Crippen molar-refractivity contribution >= 4 is 86.9 Å². The van der Waals surface area contributed by atoms with Crippen LogP contribution in [0.4, 0.5) is 22.7 Å². The Labute approximate surface area is 550 Å². The molecular formula is C67H88N14O14. The summed E-state index contributed by atoms with van der Waals surface area (Å²) in [6, 6.07) is 18.9. The van der Waals surface area contributed by atoms with E-state index in [1.165, 1.54) is 95.2 Å². The fourth-order valence-electron chi connectivity index (χ4n) is 10.4. The number of para-hydroxylation sites is 1. The summed E-state index contributed by atoms with van der Waals surface area (Å²) < 4.78 is 22.0. The van der Waals surface area contributed by atoms with E-state index in [0.717, 1.165) is 10.9 Å². The molecule has 2 unspecified atom stereocenters. The largest absolute Gasteiger partial charge is 0.496 e. The number of carboxylic acid groups (broad SMARTS) is 1. The molecule has 8 amide bonds. The van der Waals surface area contributed by atoms with E-state index in [4.69, 9.17) is 47.6 Å². The number of hydrogen-bond donors (Lipinski definition) is 15. The number of fused-ring (bicyclic) bond motifs is 1. The Balaban J connectivity index is 1.16. The van der Waals surface area contributed by atoms with E-state index in [2.05, 4.69) is 47.5 Å². The number of carbonyl (C=O) groups excluding carboxylic acids is 8. The molecule has 6 aromatic rings. The summed E-state index contributed by atoms with van der Waals surface area (Å²) >= 11 is 0. The Kier molecular flexibility index (Phi) is 29.2. The number of amides is 8. The molecule has 1 aromatic heterocycles. The topological polar surface area (TPSA) is 453 Å². The highest BCUT2D eigenvalue weighted by Gasteiger charge is 2.30. The van der Waals surface area contributed by atoms with Crippen molar-refractivity contribution in [1.29, 1.82) is 0 Å². The Morgan fingerprint density at radius 3 is 1.06 bits per heavy atom. The van der Waals surface area contributed by atoms with Crippen LogP contribution in [0.2, 0.25) is 0 Å². The lowest BCUT2D eigenvalue weighted by atomic mass is 10.0. The highest BCUT2D eigenvalue weighted by molar-refractivity contribution is 6.08. The van der Waals surface area contributed by atoms with Gasteiger partial charge >= 0.3 is 5.97 Å². The molecular weight excluding hydrogens is 1220 g/mol. The first-order chi connectivity index (χ1) is 45.8. The molecule has 0 aliphatic rings. The minimum absolute atomic E-state index is 0.0220. The van der Waals surface area contributed by atoms with Crippen molar-refractivity contribution in [3.05, 3.63) is 131 Å². The number of nitrogens with two attached hydrogens (primary N) is 5. The minimum Gasteiger partial charge on any atom is -0.496 e. The van der Waals surface area contributed by atoms with Gasteiger partial charge in [0.25, 0.3) is 23.6 Å². The van der Waals surface area contributed by atoms with E-state index in [9.17, 15) is 48.3 Å². The second-order valence-corrected chi connectivity index (χ2v) is 22.4. The number of unbranched alkanes of at least 4 members (excludes halogenated alkanes) is 4. The number of hydrogen-bond acceptors (Lipinski definition) is 18. The number of benzene rings is 5. The normalized spacial score (nSPS) is 12.6. The van der Waals surface area contributed by atoms with Gasteiger partial charge in [0.1, 0.15) is 47.2 Å². The first-order valence-electron chi connectivity index (χ1n) is 31.3. The number of methoxy groups -OCH3 is 4. The molecule has 0 saturated heterocycles. The van der Waals surface area contributed by atoms with Crippen LogP contribution in [0.1, 0.15) is 124 Å². The average molecular weight is 1310 g/mol. The van der Waals surface area contributed by atoms with E-state index >= 15 is 0 Å². The second-order valence-electron chi connectivity index (χ2n) is 22.4. The van der Waals surface area contributed by atoms with E-state index < -0.39 is 83.4 Å². The third kappa shape index (κ3) is 21.5. The molecule has 0 spiro atoms. The van der Waals surface area contributed by atoms with Crippen LogP contribution >= 0.6 is 0 Å². The molecule has 0 aliphatic carbocycles. The van der Waals surface area contributed by atoms with Gasteiger partial charge in [0.15, 0.2) is 0 Å². The summed E-state index contributed by atoms with van der Waals surface area (Å²) in [4.78, 5) is 128. The van der Waals surface area contributed by atoms with Gasteiger partial charge < -0.3 is 100 Å². The molecule has 510 valence electrons. The smallest absolute Gasteiger partial charge is 0.326 e. The van der Waals surface area contributed by atoms with Gasteiger partial charge in [0.05, 0.1) is 56.7 Å². The Bertz CT molecular complexity index is 3640. The molecule has 5 aromatic carbocycles. The number of nitrogens with one attached hydrogen (secondary N) is 9. The fourth-order valence-corrected chi connectivity index (χ4v) is 10.4. The summed E-state index contributed by atoms with van der Waals surface area (Å²) in [5.41, 5.74) is 31.1. The maximum atomic E-state index is 14.4. The maximum absolute atomic E-state index is 14.4. The number of carbonyl (C=O) groups is 9. The molecule has 0 saturated carbocycles. The van der Waals surface area contributed by atoms with Crippen molar-refractivity contribution in [2.45, 2.75) is 114 Å². The third-order valence-corrected chi connectivity index (χ3v) is 15.6. The number of ether oxygens (including phenoxy) is 4. The van der Waals surface area contributed by atoms with Crippen molar-refractivity contribution in [1.82, 2.24) is 26.3 Å². The van der Waals surface area contributed by atoms with Crippen LogP contribution < -0.4 is 90.2 Å². The zero-order valence-corrected chi connectivity index (χ0v) is 53.9. The van der Waals surface area contributed by atoms with Crippen molar-refractivity contribution in [3.8, 4) is 23.0 Å². The highest BCUT2D eigenvalue weighted by Crippen LogP contribution is 2.29. The number of aromatic nitrogens is 1.